The number of nitro groups is 1. The number of aromatic nitrogens is 1. The second-order valence-electron chi connectivity index (χ2n) is 4.08. The van der Waals surface area contributed by atoms with E-state index in [9.17, 15) is 10.1 Å². The van der Waals surface area contributed by atoms with E-state index >= 15 is 0 Å². The molecule has 0 radical (unpaired) electrons. The van der Waals surface area contributed by atoms with Crippen molar-refractivity contribution >= 4 is 38.6 Å². The lowest BCUT2D eigenvalue weighted by atomic mass is 10.2. The van der Waals surface area contributed by atoms with Crippen LogP contribution in [0.15, 0.2) is 28.1 Å². The Labute approximate surface area is 123 Å². The van der Waals surface area contributed by atoms with E-state index in [4.69, 9.17) is 0 Å². The number of nitro benzene ring substituents is 1. The number of rotatable bonds is 4. The summed E-state index contributed by atoms with van der Waals surface area (Å²) in [5.74, 6) is 0. The lowest BCUT2D eigenvalue weighted by Gasteiger charge is -2.14. The zero-order chi connectivity index (χ0) is 14.0. The van der Waals surface area contributed by atoms with Crippen LogP contribution in [-0.4, -0.2) is 9.91 Å². The summed E-state index contributed by atoms with van der Waals surface area (Å²) < 4.78 is 0.789. The third-order valence-electron chi connectivity index (χ3n) is 2.61. The number of thiazole rings is 1. The second kappa shape index (κ2) is 5.66. The first-order valence-corrected chi connectivity index (χ1v) is 7.27. The van der Waals surface area contributed by atoms with Gasteiger partial charge in [0.15, 0.2) is 0 Å². The van der Waals surface area contributed by atoms with Gasteiger partial charge in [0, 0.05) is 22.0 Å². The van der Waals surface area contributed by atoms with E-state index in [1.165, 1.54) is 12.1 Å². The third-order valence-corrected chi connectivity index (χ3v) is 4.10. The van der Waals surface area contributed by atoms with E-state index in [2.05, 4.69) is 26.2 Å². The molecule has 1 unspecified atom stereocenters. The molecule has 1 aromatic carbocycles. The van der Waals surface area contributed by atoms with Crippen LogP contribution in [0.2, 0.25) is 0 Å². The summed E-state index contributed by atoms with van der Waals surface area (Å²) in [6, 6.07) is 4.63. The number of nitrogens with one attached hydrogen (secondary N) is 1. The standard InChI is InChI=1S/C12H12BrN3O2S/c1-7(12-6-19-8(2)15-12)14-11-5-9(16(17)18)3-4-10(11)13/h3-7,14H,1-2H3. The Bertz CT molecular complexity index is 615. The summed E-state index contributed by atoms with van der Waals surface area (Å²) >= 11 is 4.97. The Morgan fingerprint density at radius 3 is 2.84 bits per heavy atom. The zero-order valence-electron chi connectivity index (χ0n) is 10.4. The molecule has 1 atom stereocenters. The van der Waals surface area contributed by atoms with Gasteiger partial charge in [0.1, 0.15) is 0 Å². The van der Waals surface area contributed by atoms with Gasteiger partial charge in [0.05, 0.1) is 27.4 Å². The number of halogens is 1. The molecule has 0 aliphatic carbocycles. The molecule has 2 rings (SSSR count). The Balaban J connectivity index is 2.22. The van der Waals surface area contributed by atoms with E-state index in [1.54, 1.807) is 17.4 Å². The Hall–Kier alpha value is -1.47. The lowest BCUT2D eigenvalue weighted by Crippen LogP contribution is -2.07. The highest BCUT2D eigenvalue weighted by atomic mass is 79.9. The summed E-state index contributed by atoms with van der Waals surface area (Å²) in [6.07, 6.45) is 0. The summed E-state index contributed by atoms with van der Waals surface area (Å²) in [6.45, 7) is 3.92. The molecule has 0 amide bonds. The number of aryl methyl sites for hydroxylation is 1. The van der Waals surface area contributed by atoms with Crippen molar-refractivity contribution in [2.45, 2.75) is 19.9 Å². The summed E-state index contributed by atoms with van der Waals surface area (Å²) in [5, 5.41) is 17.0. The first kappa shape index (κ1) is 14.0. The van der Waals surface area contributed by atoms with Crippen LogP contribution in [0.5, 0.6) is 0 Å². The van der Waals surface area contributed by atoms with Gasteiger partial charge in [-0.05, 0) is 35.8 Å². The molecule has 0 saturated carbocycles. The van der Waals surface area contributed by atoms with Gasteiger partial charge >= 0.3 is 0 Å². The van der Waals surface area contributed by atoms with E-state index in [-0.39, 0.29) is 11.7 Å². The fraction of sp³-hybridized carbons (Fsp3) is 0.250. The van der Waals surface area contributed by atoms with E-state index in [0.717, 1.165) is 15.2 Å². The number of benzene rings is 1. The van der Waals surface area contributed by atoms with Crippen LogP contribution in [-0.2, 0) is 0 Å². The van der Waals surface area contributed by atoms with Gasteiger partial charge in [-0.25, -0.2) is 4.98 Å². The largest absolute Gasteiger partial charge is 0.376 e. The van der Waals surface area contributed by atoms with Crippen molar-refractivity contribution in [2.75, 3.05) is 5.32 Å². The van der Waals surface area contributed by atoms with Crippen LogP contribution in [0.1, 0.15) is 23.7 Å². The zero-order valence-corrected chi connectivity index (χ0v) is 12.8. The smallest absolute Gasteiger partial charge is 0.271 e. The van der Waals surface area contributed by atoms with Gasteiger partial charge < -0.3 is 5.32 Å². The molecule has 5 nitrogen and oxygen atoms in total. The highest BCUT2D eigenvalue weighted by Gasteiger charge is 2.13. The first-order chi connectivity index (χ1) is 8.97. The molecule has 1 aromatic heterocycles. The SMILES string of the molecule is Cc1nc(C(C)Nc2cc([N+](=O)[O-])ccc2Br)cs1. The average molecular weight is 342 g/mol. The van der Waals surface area contributed by atoms with Crippen LogP contribution < -0.4 is 5.32 Å². The highest BCUT2D eigenvalue weighted by Crippen LogP contribution is 2.30. The lowest BCUT2D eigenvalue weighted by molar-refractivity contribution is -0.384. The Kier molecular flexibility index (Phi) is 4.16. The predicted molar refractivity (Wildman–Crippen MR) is 79.7 cm³/mol. The fourth-order valence-corrected chi connectivity index (χ4v) is 2.69. The van der Waals surface area contributed by atoms with Crippen molar-refractivity contribution in [3.05, 3.63) is 48.9 Å². The molecule has 0 bridgehead atoms. The van der Waals surface area contributed by atoms with Crippen molar-refractivity contribution in [3.8, 4) is 0 Å². The van der Waals surface area contributed by atoms with Crippen molar-refractivity contribution in [1.29, 1.82) is 0 Å². The van der Waals surface area contributed by atoms with Crippen molar-refractivity contribution in [1.82, 2.24) is 4.98 Å². The van der Waals surface area contributed by atoms with E-state index < -0.39 is 4.92 Å². The molecule has 0 aliphatic rings. The minimum atomic E-state index is -0.407. The first-order valence-electron chi connectivity index (χ1n) is 5.60. The third kappa shape index (κ3) is 3.30. The molecule has 1 N–H and O–H groups in total. The maximum absolute atomic E-state index is 10.8. The molecule has 0 spiro atoms. The van der Waals surface area contributed by atoms with Crippen molar-refractivity contribution in [3.63, 3.8) is 0 Å². The van der Waals surface area contributed by atoms with Gasteiger partial charge in [-0.15, -0.1) is 11.3 Å². The molecule has 7 heteroatoms. The Morgan fingerprint density at radius 2 is 2.26 bits per heavy atom. The number of anilines is 1. The van der Waals surface area contributed by atoms with Gasteiger partial charge in [0.2, 0.25) is 0 Å². The van der Waals surface area contributed by atoms with Gasteiger partial charge in [-0.1, -0.05) is 0 Å². The quantitative estimate of drug-likeness (QED) is 0.665. The molecular formula is C12H12BrN3O2S. The van der Waals surface area contributed by atoms with Crippen molar-refractivity contribution < 1.29 is 4.92 Å². The molecule has 0 saturated heterocycles. The molecule has 100 valence electrons. The van der Waals surface area contributed by atoms with Crippen molar-refractivity contribution in [2.24, 2.45) is 0 Å². The van der Waals surface area contributed by atoms with Crippen LogP contribution in [0.3, 0.4) is 0 Å². The second-order valence-corrected chi connectivity index (χ2v) is 6.00. The van der Waals surface area contributed by atoms with Gasteiger partial charge in [-0.2, -0.15) is 0 Å². The molecule has 2 aromatic rings. The van der Waals surface area contributed by atoms with E-state index in [0.29, 0.717) is 5.69 Å². The maximum Gasteiger partial charge on any atom is 0.271 e. The summed E-state index contributed by atoms with van der Waals surface area (Å²) in [5.41, 5.74) is 1.68. The number of nitrogens with zero attached hydrogens (tertiary/aromatic N) is 2. The molecular weight excluding hydrogens is 330 g/mol. The fourth-order valence-electron chi connectivity index (χ4n) is 1.62. The minimum Gasteiger partial charge on any atom is -0.376 e. The average Bonchev–Trinajstić information content (AvgIpc) is 2.78. The van der Waals surface area contributed by atoms with Gasteiger partial charge in [0.25, 0.3) is 5.69 Å². The highest BCUT2D eigenvalue weighted by molar-refractivity contribution is 9.10. The number of hydrogen-bond donors (Lipinski definition) is 1. The number of hydrogen-bond acceptors (Lipinski definition) is 5. The summed E-state index contributed by atoms with van der Waals surface area (Å²) in [4.78, 5) is 14.8. The number of non-ortho nitro benzene ring substituents is 1. The maximum atomic E-state index is 10.8. The molecule has 19 heavy (non-hydrogen) atoms. The van der Waals surface area contributed by atoms with E-state index in [1.807, 2.05) is 19.2 Å². The monoisotopic (exact) mass is 341 g/mol. The molecule has 0 fully saturated rings. The minimum absolute atomic E-state index is 0.0109. The van der Waals surface area contributed by atoms with Crippen LogP contribution in [0.4, 0.5) is 11.4 Å². The Morgan fingerprint density at radius 1 is 1.53 bits per heavy atom. The predicted octanol–water partition coefficient (Wildman–Crippen LogP) is 4.30. The van der Waals surface area contributed by atoms with Crippen LogP contribution in [0, 0.1) is 17.0 Å². The normalized spacial score (nSPS) is 12.2. The van der Waals surface area contributed by atoms with Gasteiger partial charge in [-0.3, -0.25) is 10.1 Å². The topological polar surface area (TPSA) is 68.1 Å². The van der Waals surface area contributed by atoms with Crippen LogP contribution >= 0.6 is 27.3 Å². The molecule has 1 heterocycles. The molecule has 0 aliphatic heterocycles. The summed E-state index contributed by atoms with van der Waals surface area (Å²) in [7, 11) is 0. The van der Waals surface area contributed by atoms with Crippen LogP contribution in [0.25, 0.3) is 0 Å².